The Morgan fingerprint density at radius 3 is 2.11 bits per heavy atom. The third-order valence-corrected chi connectivity index (χ3v) is 3.19. The second-order valence-corrected chi connectivity index (χ2v) is 5.09. The minimum atomic E-state index is 0.0827. The molecule has 0 radical (unpaired) electrons. The predicted molar refractivity (Wildman–Crippen MR) is 81.6 cm³/mol. The third kappa shape index (κ3) is 5.03. The number of carbonyl (C=O) groups excluding carboxylic acids is 1. The molecule has 106 valence electrons. The van der Waals surface area contributed by atoms with Crippen LogP contribution in [-0.4, -0.2) is 30.4 Å². The van der Waals surface area contributed by atoms with E-state index in [-0.39, 0.29) is 5.91 Å². The summed E-state index contributed by atoms with van der Waals surface area (Å²) >= 11 is 0. The van der Waals surface area contributed by atoms with Crippen LogP contribution in [0.15, 0.2) is 18.2 Å². The van der Waals surface area contributed by atoms with E-state index in [4.69, 9.17) is 0 Å². The van der Waals surface area contributed by atoms with E-state index >= 15 is 0 Å². The van der Waals surface area contributed by atoms with E-state index in [0.29, 0.717) is 6.54 Å². The first-order valence-corrected chi connectivity index (χ1v) is 7.16. The SMILES string of the molecule is CCCN(CCC)CC(=O)Nc1c(C)cccc1C. The summed E-state index contributed by atoms with van der Waals surface area (Å²) in [4.78, 5) is 14.3. The molecule has 0 heterocycles. The van der Waals surface area contributed by atoms with Crippen molar-refractivity contribution >= 4 is 11.6 Å². The van der Waals surface area contributed by atoms with Gasteiger partial charge in [-0.25, -0.2) is 0 Å². The van der Waals surface area contributed by atoms with Crippen molar-refractivity contribution in [2.45, 2.75) is 40.5 Å². The number of aryl methyl sites for hydroxylation is 2. The molecule has 3 nitrogen and oxygen atoms in total. The van der Waals surface area contributed by atoms with Gasteiger partial charge in [0.05, 0.1) is 6.54 Å². The molecular formula is C16H26N2O. The molecule has 0 aliphatic carbocycles. The van der Waals surface area contributed by atoms with E-state index in [2.05, 4.69) is 24.1 Å². The van der Waals surface area contributed by atoms with Crippen molar-refractivity contribution in [2.75, 3.05) is 25.0 Å². The molecule has 3 heteroatoms. The minimum Gasteiger partial charge on any atom is -0.324 e. The number of nitrogens with zero attached hydrogens (tertiary/aromatic N) is 1. The van der Waals surface area contributed by atoms with Gasteiger partial charge in [-0.05, 0) is 50.9 Å². The molecule has 0 unspecified atom stereocenters. The third-order valence-electron chi connectivity index (χ3n) is 3.19. The Hall–Kier alpha value is -1.35. The molecule has 1 aromatic rings. The summed E-state index contributed by atoms with van der Waals surface area (Å²) in [6.45, 7) is 10.8. The lowest BCUT2D eigenvalue weighted by atomic mass is 10.1. The first-order valence-electron chi connectivity index (χ1n) is 7.16. The summed E-state index contributed by atoms with van der Waals surface area (Å²) in [5.74, 6) is 0.0827. The highest BCUT2D eigenvalue weighted by Gasteiger charge is 2.11. The Balaban J connectivity index is 2.63. The summed E-state index contributed by atoms with van der Waals surface area (Å²) in [5, 5.41) is 3.05. The lowest BCUT2D eigenvalue weighted by Gasteiger charge is -2.21. The van der Waals surface area contributed by atoms with Crippen molar-refractivity contribution in [1.29, 1.82) is 0 Å². The summed E-state index contributed by atoms with van der Waals surface area (Å²) in [7, 11) is 0. The van der Waals surface area contributed by atoms with E-state index in [1.807, 2.05) is 32.0 Å². The van der Waals surface area contributed by atoms with Gasteiger partial charge in [-0.2, -0.15) is 0 Å². The highest BCUT2D eigenvalue weighted by molar-refractivity contribution is 5.93. The van der Waals surface area contributed by atoms with Crippen LogP contribution < -0.4 is 5.32 Å². The molecule has 0 aromatic heterocycles. The van der Waals surface area contributed by atoms with Crippen molar-refractivity contribution in [3.05, 3.63) is 29.3 Å². The predicted octanol–water partition coefficient (Wildman–Crippen LogP) is 3.36. The number of hydrogen-bond donors (Lipinski definition) is 1. The Labute approximate surface area is 117 Å². The van der Waals surface area contributed by atoms with Crippen molar-refractivity contribution in [3.8, 4) is 0 Å². The zero-order valence-electron chi connectivity index (χ0n) is 12.6. The van der Waals surface area contributed by atoms with Gasteiger partial charge in [0.25, 0.3) is 0 Å². The Morgan fingerprint density at radius 1 is 1.11 bits per heavy atom. The van der Waals surface area contributed by atoms with Gasteiger partial charge in [0.1, 0.15) is 0 Å². The standard InChI is InChI=1S/C16H26N2O/c1-5-10-18(11-6-2)12-15(19)17-16-13(3)8-7-9-14(16)4/h7-9H,5-6,10-12H2,1-4H3,(H,17,19). The van der Waals surface area contributed by atoms with Crippen LogP contribution in [0.1, 0.15) is 37.8 Å². The smallest absolute Gasteiger partial charge is 0.238 e. The van der Waals surface area contributed by atoms with Gasteiger partial charge in [-0.3, -0.25) is 9.69 Å². The molecule has 0 saturated heterocycles. The van der Waals surface area contributed by atoms with E-state index in [1.165, 1.54) is 0 Å². The van der Waals surface area contributed by atoms with Gasteiger partial charge < -0.3 is 5.32 Å². The van der Waals surface area contributed by atoms with E-state index in [0.717, 1.165) is 42.7 Å². The topological polar surface area (TPSA) is 32.3 Å². The van der Waals surface area contributed by atoms with E-state index < -0.39 is 0 Å². The van der Waals surface area contributed by atoms with Crippen LogP contribution >= 0.6 is 0 Å². The van der Waals surface area contributed by atoms with Gasteiger partial charge in [-0.15, -0.1) is 0 Å². The summed E-state index contributed by atoms with van der Waals surface area (Å²) in [6, 6.07) is 6.07. The zero-order chi connectivity index (χ0) is 14.3. The molecule has 1 aromatic carbocycles. The second-order valence-electron chi connectivity index (χ2n) is 5.09. The van der Waals surface area contributed by atoms with Gasteiger partial charge in [-0.1, -0.05) is 32.0 Å². The van der Waals surface area contributed by atoms with Crippen LogP contribution in [0.4, 0.5) is 5.69 Å². The van der Waals surface area contributed by atoms with Crippen LogP contribution in [0, 0.1) is 13.8 Å². The number of anilines is 1. The number of para-hydroxylation sites is 1. The van der Waals surface area contributed by atoms with Gasteiger partial charge >= 0.3 is 0 Å². The monoisotopic (exact) mass is 262 g/mol. The molecule has 0 bridgehead atoms. The van der Waals surface area contributed by atoms with Crippen LogP contribution in [0.2, 0.25) is 0 Å². The number of amides is 1. The van der Waals surface area contributed by atoms with Crippen molar-refractivity contribution < 1.29 is 4.79 Å². The van der Waals surface area contributed by atoms with Gasteiger partial charge in [0, 0.05) is 5.69 Å². The fourth-order valence-electron chi connectivity index (χ4n) is 2.30. The molecule has 0 saturated carbocycles. The van der Waals surface area contributed by atoms with E-state index in [1.54, 1.807) is 0 Å². The molecule has 0 spiro atoms. The average Bonchev–Trinajstić information content (AvgIpc) is 2.35. The van der Waals surface area contributed by atoms with Crippen LogP contribution in [-0.2, 0) is 4.79 Å². The Morgan fingerprint density at radius 2 is 1.63 bits per heavy atom. The summed E-state index contributed by atoms with van der Waals surface area (Å²) in [5.41, 5.74) is 3.19. The molecule has 0 aliphatic rings. The van der Waals surface area contributed by atoms with Crippen LogP contribution in [0.3, 0.4) is 0 Å². The number of hydrogen-bond acceptors (Lipinski definition) is 2. The maximum atomic E-state index is 12.1. The molecule has 0 atom stereocenters. The van der Waals surface area contributed by atoms with Crippen molar-refractivity contribution in [3.63, 3.8) is 0 Å². The maximum absolute atomic E-state index is 12.1. The number of benzene rings is 1. The zero-order valence-corrected chi connectivity index (χ0v) is 12.6. The molecule has 1 rings (SSSR count). The number of rotatable bonds is 7. The number of carbonyl (C=O) groups is 1. The molecule has 0 aliphatic heterocycles. The molecule has 19 heavy (non-hydrogen) atoms. The lowest BCUT2D eigenvalue weighted by molar-refractivity contribution is -0.117. The fourth-order valence-corrected chi connectivity index (χ4v) is 2.30. The molecule has 1 N–H and O–H groups in total. The van der Waals surface area contributed by atoms with E-state index in [9.17, 15) is 4.79 Å². The molecular weight excluding hydrogens is 236 g/mol. The van der Waals surface area contributed by atoms with Gasteiger partial charge in [0.15, 0.2) is 0 Å². The fraction of sp³-hybridized carbons (Fsp3) is 0.562. The second kappa shape index (κ2) is 7.95. The highest BCUT2D eigenvalue weighted by Crippen LogP contribution is 2.19. The van der Waals surface area contributed by atoms with Gasteiger partial charge in [0.2, 0.25) is 5.91 Å². The average molecular weight is 262 g/mol. The first-order chi connectivity index (χ1) is 9.08. The minimum absolute atomic E-state index is 0.0827. The quantitative estimate of drug-likeness (QED) is 0.817. The van der Waals surface area contributed by atoms with Crippen molar-refractivity contribution in [2.24, 2.45) is 0 Å². The normalized spacial score (nSPS) is 10.8. The van der Waals surface area contributed by atoms with Crippen LogP contribution in [0.25, 0.3) is 0 Å². The Kier molecular flexibility index (Phi) is 6.57. The highest BCUT2D eigenvalue weighted by atomic mass is 16.2. The molecule has 1 amide bonds. The number of nitrogens with one attached hydrogen (secondary N) is 1. The lowest BCUT2D eigenvalue weighted by Crippen LogP contribution is -2.34. The van der Waals surface area contributed by atoms with Crippen LogP contribution in [0.5, 0.6) is 0 Å². The summed E-state index contributed by atoms with van der Waals surface area (Å²) < 4.78 is 0. The van der Waals surface area contributed by atoms with Crippen molar-refractivity contribution in [1.82, 2.24) is 4.90 Å². The Bertz CT molecular complexity index is 389. The molecule has 0 fully saturated rings. The summed E-state index contributed by atoms with van der Waals surface area (Å²) in [6.07, 6.45) is 2.16. The largest absolute Gasteiger partial charge is 0.324 e. The first kappa shape index (κ1) is 15.7. The maximum Gasteiger partial charge on any atom is 0.238 e.